The predicted octanol–water partition coefficient (Wildman–Crippen LogP) is 2.98. The molecule has 27 heavy (non-hydrogen) atoms. The Morgan fingerprint density at radius 1 is 1.26 bits per heavy atom. The molecule has 0 aliphatic carbocycles. The highest BCUT2D eigenvalue weighted by atomic mass is 16.7. The highest BCUT2D eigenvalue weighted by molar-refractivity contribution is 6.16. The van der Waals surface area contributed by atoms with E-state index in [0.29, 0.717) is 19.0 Å². The Labute approximate surface area is 156 Å². The summed E-state index contributed by atoms with van der Waals surface area (Å²) in [5.74, 6) is -1.34. The van der Waals surface area contributed by atoms with Crippen LogP contribution in [0.5, 0.6) is 17.5 Å². The molecule has 1 aromatic carbocycles. The van der Waals surface area contributed by atoms with Crippen molar-refractivity contribution < 1.29 is 28.8 Å². The summed E-state index contributed by atoms with van der Waals surface area (Å²) in [5, 5.41) is 9.49. The molecule has 8 nitrogen and oxygen atoms in total. The van der Waals surface area contributed by atoms with Gasteiger partial charge in [0.2, 0.25) is 11.8 Å². The van der Waals surface area contributed by atoms with Gasteiger partial charge in [-0.05, 0) is 26.0 Å². The Kier molecular flexibility index (Phi) is 5.38. The first-order chi connectivity index (χ1) is 13.0. The van der Waals surface area contributed by atoms with Gasteiger partial charge in [-0.2, -0.15) is 0 Å². The molecule has 0 atom stereocenters. The fourth-order valence-electron chi connectivity index (χ4n) is 2.83. The van der Waals surface area contributed by atoms with Gasteiger partial charge in [0.25, 0.3) is 0 Å². The van der Waals surface area contributed by atoms with Crippen LogP contribution in [0.25, 0.3) is 5.57 Å². The van der Waals surface area contributed by atoms with E-state index in [1.165, 1.54) is 19.5 Å². The molecular weight excluding hydrogens is 352 g/mol. The molecule has 1 aromatic heterocycles. The first-order valence-electron chi connectivity index (χ1n) is 8.33. The van der Waals surface area contributed by atoms with Crippen LogP contribution in [0.15, 0.2) is 36.7 Å². The van der Waals surface area contributed by atoms with E-state index in [9.17, 15) is 9.90 Å². The molecule has 0 radical (unpaired) electrons. The lowest BCUT2D eigenvalue weighted by molar-refractivity contribution is -0.149. The Hall–Kier alpha value is -2.97. The number of methoxy groups -OCH3 is 1. The average molecular weight is 372 g/mol. The van der Waals surface area contributed by atoms with Gasteiger partial charge < -0.3 is 24.1 Å². The third kappa shape index (κ3) is 3.76. The Morgan fingerprint density at radius 3 is 2.59 bits per heavy atom. The van der Waals surface area contributed by atoms with E-state index in [2.05, 4.69) is 9.97 Å². The van der Waals surface area contributed by atoms with Gasteiger partial charge in [-0.15, -0.1) is 0 Å². The van der Waals surface area contributed by atoms with Gasteiger partial charge in [0, 0.05) is 5.56 Å². The third-order valence-electron chi connectivity index (χ3n) is 4.17. The van der Waals surface area contributed by atoms with Crippen LogP contribution in [0, 0.1) is 0 Å². The van der Waals surface area contributed by atoms with Crippen LogP contribution >= 0.6 is 0 Å². The third-order valence-corrected chi connectivity index (χ3v) is 4.17. The van der Waals surface area contributed by atoms with Crippen molar-refractivity contribution in [1.82, 2.24) is 9.97 Å². The zero-order valence-electron chi connectivity index (χ0n) is 15.3. The smallest absolute Gasteiger partial charge is 0.336 e. The molecule has 1 saturated heterocycles. The van der Waals surface area contributed by atoms with E-state index in [-0.39, 0.29) is 22.9 Å². The van der Waals surface area contributed by atoms with Crippen molar-refractivity contribution in [1.29, 1.82) is 0 Å². The zero-order valence-corrected chi connectivity index (χ0v) is 15.3. The van der Waals surface area contributed by atoms with Crippen LogP contribution in [0.3, 0.4) is 0 Å². The number of allylic oxidation sites excluding steroid dienone is 1. The van der Waals surface area contributed by atoms with E-state index in [1.807, 2.05) is 13.0 Å². The van der Waals surface area contributed by atoms with E-state index in [4.69, 9.17) is 18.9 Å². The molecule has 0 unspecified atom stereocenters. The Balaban J connectivity index is 2.00. The molecule has 1 aliphatic heterocycles. The van der Waals surface area contributed by atoms with Gasteiger partial charge >= 0.3 is 5.97 Å². The number of aromatic nitrogens is 2. The quantitative estimate of drug-likeness (QED) is 0.773. The lowest BCUT2D eigenvalue weighted by Crippen LogP contribution is -2.22. The van der Waals surface area contributed by atoms with Gasteiger partial charge in [-0.1, -0.05) is 18.2 Å². The summed E-state index contributed by atoms with van der Waals surface area (Å²) in [5.41, 5.74) is 0.928. The number of carboxylic acid groups (broad SMARTS) is 1. The second kappa shape index (κ2) is 7.73. The predicted molar refractivity (Wildman–Crippen MR) is 95.6 cm³/mol. The van der Waals surface area contributed by atoms with Crippen molar-refractivity contribution in [2.75, 3.05) is 20.3 Å². The van der Waals surface area contributed by atoms with E-state index < -0.39 is 11.8 Å². The van der Waals surface area contributed by atoms with E-state index in [0.717, 1.165) is 5.56 Å². The summed E-state index contributed by atoms with van der Waals surface area (Å²) < 4.78 is 22.4. The molecule has 2 aromatic rings. The number of rotatable bonds is 6. The summed E-state index contributed by atoms with van der Waals surface area (Å²) in [4.78, 5) is 19.7. The van der Waals surface area contributed by atoms with Crippen LogP contribution in [0.2, 0.25) is 0 Å². The second-order valence-corrected chi connectivity index (χ2v) is 5.84. The van der Waals surface area contributed by atoms with Crippen LogP contribution in [-0.4, -0.2) is 41.4 Å². The topological polar surface area (TPSA) is 100 Å². The van der Waals surface area contributed by atoms with Crippen LogP contribution in [0.1, 0.15) is 25.0 Å². The average Bonchev–Trinajstić information content (AvgIpc) is 3.11. The molecule has 0 spiro atoms. The number of aliphatic carboxylic acids is 1. The highest BCUT2D eigenvalue weighted by Crippen LogP contribution is 2.36. The number of benzene rings is 1. The van der Waals surface area contributed by atoms with E-state index in [1.54, 1.807) is 25.1 Å². The molecular formula is C19H20N2O6. The Morgan fingerprint density at radius 2 is 1.96 bits per heavy atom. The van der Waals surface area contributed by atoms with Gasteiger partial charge in [0.05, 0.1) is 25.9 Å². The first kappa shape index (κ1) is 18.8. The summed E-state index contributed by atoms with van der Waals surface area (Å²) in [6.07, 6.45) is 2.69. The molecule has 1 N–H and O–H groups in total. The summed E-state index contributed by atoms with van der Waals surface area (Å²) >= 11 is 0. The molecule has 1 fully saturated rings. The largest absolute Gasteiger partial charge is 0.480 e. The maximum atomic E-state index is 11.6. The van der Waals surface area contributed by atoms with Crippen molar-refractivity contribution in [2.24, 2.45) is 0 Å². The minimum Gasteiger partial charge on any atom is -0.480 e. The molecule has 1 aliphatic rings. The first-order valence-corrected chi connectivity index (χ1v) is 8.33. The van der Waals surface area contributed by atoms with Gasteiger partial charge in [-0.3, -0.25) is 0 Å². The molecule has 0 saturated carbocycles. The lowest BCUT2D eigenvalue weighted by Gasteiger charge is -2.23. The minimum absolute atomic E-state index is 0.0203. The van der Waals surface area contributed by atoms with Gasteiger partial charge in [0.1, 0.15) is 17.6 Å². The van der Waals surface area contributed by atoms with Crippen molar-refractivity contribution in [2.45, 2.75) is 19.6 Å². The number of nitrogens with zero attached hydrogens (tertiary/aromatic N) is 2. The molecule has 142 valence electrons. The van der Waals surface area contributed by atoms with E-state index >= 15 is 0 Å². The molecule has 3 rings (SSSR count). The minimum atomic E-state index is -1.13. The monoisotopic (exact) mass is 372 g/mol. The van der Waals surface area contributed by atoms with Crippen molar-refractivity contribution in [3.63, 3.8) is 0 Å². The number of hydrogen-bond acceptors (Lipinski definition) is 7. The number of ether oxygens (including phenoxy) is 4. The van der Waals surface area contributed by atoms with Crippen molar-refractivity contribution >= 4 is 11.5 Å². The molecule has 0 amide bonds. The highest BCUT2D eigenvalue weighted by Gasteiger charge is 2.33. The number of carboxylic acids is 1. The standard InChI is InChI=1S/C19H20N2O6/c1-4-14(18(22)23)15-16(24-3)20-11-21-17(15)27-13-7-5-6-12(10-13)19(2)25-8-9-26-19/h4-7,10-11H,8-9H2,1-3H3,(H,22,23). The molecule has 2 heterocycles. The fourth-order valence-corrected chi connectivity index (χ4v) is 2.83. The van der Waals surface area contributed by atoms with Crippen molar-refractivity contribution in [3.8, 4) is 17.5 Å². The fraction of sp³-hybridized carbons (Fsp3) is 0.316. The summed E-state index contributed by atoms with van der Waals surface area (Å²) in [6.45, 7) is 4.47. The maximum absolute atomic E-state index is 11.6. The SMILES string of the molecule is CC=C(C(=O)O)c1c(OC)ncnc1Oc1cccc(C2(C)OCCO2)c1. The normalized spacial score (nSPS) is 16.2. The van der Waals surface area contributed by atoms with Gasteiger partial charge in [-0.25, -0.2) is 14.8 Å². The number of carbonyl (C=O) groups is 1. The Bertz CT molecular complexity index is 874. The molecule has 0 bridgehead atoms. The second-order valence-electron chi connectivity index (χ2n) is 5.84. The maximum Gasteiger partial charge on any atom is 0.336 e. The number of hydrogen-bond donors (Lipinski definition) is 1. The van der Waals surface area contributed by atoms with Gasteiger partial charge in [0.15, 0.2) is 5.79 Å². The lowest BCUT2D eigenvalue weighted by atomic mass is 10.1. The van der Waals surface area contributed by atoms with Crippen LogP contribution in [0.4, 0.5) is 0 Å². The zero-order chi connectivity index (χ0) is 19.4. The van der Waals surface area contributed by atoms with Crippen molar-refractivity contribution in [3.05, 3.63) is 47.8 Å². The summed E-state index contributed by atoms with van der Waals surface area (Å²) in [7, 11) is 1.40. The summed E-state index contributed by atoms with van der Waals surface area (Å²) in [6, 6.07) is 7.16. The molecule has 8 heteroatoms. The van der Waals surface area contributed by atoms with Crippen LogP contribution < -0.4 is 9.47 Å². The van der Waals surface area contributed by atoms with Crippen LogP contribution in [-0.2, 0) is 20.1 Å².